The zero-order valence-corrected chi connectivity index (χ0v) is 9.91. The maximum atomic E-state index is 11.3. The van der Waals surface area contributed by atoms with E-state index >= 15 is 0 Å². The van der Waals surface area contributed by atoms with Crippen LogP contribution < -0.4 is 15.8 Å². The van der Waals surface area contributed by atoms with Gasteiger partial charge in [0.25, 0.3) is 0 Å². The van der Waals surface area contributed by atoms with Gasteiger partial charge in [0.2, 0.25) is 5.91 Å². The third-order valence-corrected chi connectivity index (χ3v) is 2.81. The Labute approximate surface area is 95.8 Å². The average molecular weight is 222 g/mol. The highest BCUT2D eigenvalue weighted by Gasteiger charge is 2.28. The van der Waals surface area contributed by atoms with E-state index < -0.39 is 5.54 Å². The van der Waals surface area contributed by atoms with Crippen LogP contribution in [0.5, 0.6) is 5.75 Å². The van der Waals surface area contributed by atoms with Gasteiger partial charge in [-0.1, -0.05) is 12.1 Å². The second-order valence-corrected chi connectivity index (χ2v) is 3.97. The predicted molar refractivity (Wildman–Crippen MR) is 63.4 cm³/mol. The number of methoxy groups -OCH3 is 1. The SMILES string of the molecule is CNC(C)(Cc1ccc(OC)cc1)C(N)=O. The Morgan fingerprint density at radius 3 is 2.38 bits per heavy atom. The molecule has 4 heteroatoms. The summed E-state index contributed by atoms with van der Waals surface area (Å²) in [6.07, 6.45) is 0.558. The van der Waals surface area contributed by atoms with E-state index in [1.54, 1.807) is 21.1 Å². The number of hydrogen-bond donors (Lipinski definition) is 2. The molecule has 0 bridgehead atoms. The van der Waals surface area contributed by atoms with Gasteiger partial charge in [-0.15, -0.1) is 0 Å². The molecule has 0 saturated heterocycles. The molecule has 0 radical (unpaired) electrons. The lowest BCUT2D eigenvalue weighted by Crippen LogP contribution is -2.53. The van der Waals surface area contributed by atoms with Crippen LogP contribution in [0.4, 0.5) is 0 Å². The highest BCUT2D eigenvalue weighted by Crippen LogP contribution is 2.16. The molecule has 0 aromatic heterocycles. The molecule has 1 aromatic rings. The van der Waals surface area contributed by atoms with Crippen molar-refractivity contribution in [1.29, 1.82) is 0 Å². The molecule has 1 atom stereocenters. The Morgan fingerprint density at radius 1 is 1.44 bits per heavy atom. The van der Waals surface area contributed by atoms with E-state index in [1.165, 1.54) is 0 Å². The topological polar surface area (TPSA) is 64.3 Å². The van der Waals surface area contributed by atoms with Crippen LogP contribution in [0.2, 0.25) is 0 Å². The van der Waals surface area contributed by atoms with E-state index in [4.69, 9.17) is 10.5 Å². The molecule has 0 fully saturated rings. The van der Waals surface area contributed by atoms with Crippen LogP contribution in [0.1, 0.15) is 12.5 Å². The molecule has 88 valence electrons. The van der Waals surface area contributed by atoms with Crippen LogP contribution >= 0.6 is 0 Å². The molecule has 1 amide bonds. The lowest BCUT2D eigenvalue weighted by Gasteiger charge is -2.25. The molecular weight excluding hydrogens is 204 g/mol. The van der Waals surface area contributed by atoms with Crippen molar-refractivity contribution in [2.24, 2.45) is 5.73 Å². The van der Waals surface area contributed by atoms with Gasteiger partial charge < -0.3 is 15.8 Å². The summed E-state index contributed by atoms with van der Waals surface area (Å²) in [7, 11) is 3.35. The summed E-state index contributed by atoms with van der Waals surface area (Å²) in [6, 6.07) is 7.59. The normalized spacial score (nSPS) is 14.2. The van der Waals surface area contributed by atoms with Crippen LogP contribution in [0.25, 0.3) is 0 Å². The van der Waals surface area contributed by atoms with Gasteiger partial charge in [-0.3, -0.25) is 4.79 Å². The van der Waals surface area contributed by atoms with E-state index in [2.05, 4.69) is 5.32 Å². The van der Waals surface area contributed by atoms with Crippen LogP contribution in [-0.2, 0) is 11.2 Å². The van der Waals surface area contributed by atoms with Gasteiger partial charge in [0.15, 0.2) is 0 Å². The van der Waals surface area contributed by atoms with Crippen molar-refractivity contribution in [3.05, 3.63) is 29.8 Å². The number of nitrogens with one attached hydrogen (secondary N) is 1. The zero-order chi connectivity index (χ0) is 12.2. The number of rotatable bonds is 5. The lowest BCUT2D eigenvalue weighted by atomic mass is 9.92. The van der Waals surface area contributed by atoms with Crippen molar-refractivity contribution >= 4 is 5.91 Å². The molecular formula is C12H18N2O2. The van der Waals surface area contributed by atoms with Crippen molar-refractivity contribution in [3.63, 3.8) is 0 Å². The van der Waals surface area contributed by atoms with Crippen LogP contribution in [0.3, 0.4) is 0 Å². The number of benzene rings is 1. The average Bonchev–Trinajstić information content (AvgIpc) is 2.29. The summed E-state index contributed by atoms with van der Waals surface area (Å²) in [5.41, 5.74) is 5.68. The summed E-state index contributed by atoms with van der Waals surface area (Å²) in [4.78, 5) is 11.3. The fourth-order valence-electron chi connectivity index (χ4n) is 1.45. The summed E-state index contributed by atoms with van der Waals surface area (Å²) in [6.45, 7) is 1.79. The number of amides is 1. The molecule has 1 unspecified atom stereocenters. The fraction of sp³-hybridized carbons (Fsp3) is 0.417. The number of carbonyl (C=O) groups is 1. The highest BCUT2D eigenvalue weighted by molar-refractivity contribution is 5.84. The lowest BCUT2D eigenvalue weighted by molar-refractivity contribution is -0.123. The molecule has 3 N–H and O–H groups in total. The molecule has 1 rings (SSSR count). The predicted octanol–water partition coefficient (Wildman–Crippen LogP) is 0.701. The number of hydrogen-bond acceptors (Lipinski definition) is 3. The van der Waals surface area contributed by atoms with Crippen molar-refractivity contribution in [2.75, 3.05) is 14.2 Å². The van der Waals surface area contributed by atoms with Crippen molar-refractivity contribution in [3.8, 4) is 5.75 Å². The Bertz CT molecular complexity index is 362. The second-order valence-electron chi connectivity index (χ2n) is 3.97. The number of carbonyl (C=O) groups excluding carboxylic acids is 1. The maximum Gasteiger partial charge on any atom is 0.237 e. The molecule has 0 heterocycles. The third-order valence-electron chi connectivity index (χ3n) is 2.81. The second kappa shape index (κ2) is 4.99. The van der Waals surface area contributed by atoms with Crippen molar-refractivity contribution in [1.82, 2.24) is 5.32 Å². The number of primary amides is 1. The minimum atomic E-state index is -0.714. The molecule has 16 heavy (non-hydrogen) atoms. The van der Waals surface area contributed by atoms with Gasteiger partial charge in [0.05, 0.1) is 12.6 Å². The Morgan fingerprint density at radius 2 is 2.00 bits per heavy atom. The molecule has 0 aliphatic rings. The molecule has 0 aliphatic carbocycles. The smallest absolute Gasteiger partial charge is 0.237 e. The van der Waals surface area contributed by atoms with Gasteiger partial charge in [-0.2, -0.15) is 0 Å². The quantitative estimate of drug-likeness (QED) is 0.771. The number of ether oxygens (including phenoxy) is 1. The fourth-order valence-corrected chi connectivity index (χ4v) is 1.45. The first-order chi connectivity index (χ1) is 7.51. The minimum absolute atomic E-state index is 0.356. The molecule has 0 spiro atoms. The van der Waals surface area contributed by atoms with E-state index in [0.29, 0.717) is 6.42 Å². The first-order valence-corrected chi connectivity index (χ1v) is 5.13. The zero-order valence-electron chi connectivity index (χ0n) is 9.91. The molecule has 4 nitrogen and oxygen atoms in total. The summed E-state index contributed by atoms with van der Waals surface area (Å²) >= 11 is 0. The third kappa shape index (κ3) is 2.73. The molecule has 0 aliphatic heterocycles. The highest BCUT2D eigenvalue weighted by atomic mass is 16.5. The standard InChI is InChI=1S/C12H18N2O2/c1-12(14-2,11(13)15)8-9-4-6-10(16-3)7-5-9/h4-7,14H,8H2,1-3H3,(H2,13,15). The number of nitrogens with two attached hydrogens (primary N) is 1. The van der Waals surface area contributed by atoms with Gasteiger partial charge in [0, 0.05) is 0 Å². The van der Waals surface area contributed by atoms with Gasteiger partial charge >= 0.3 is 0 Å². The minimum Gasteiger partial charge on any atom is -0.497 e. The van der Waals surface area contributed by atoms with E-state index in [9.17, 15) is 4.79 Å². The van der Waals surface area contributed by atoms with Crippen molar-refractivity contribution in [2.45, 2.75) is 18.9 Å². The maximum absolute atomic E-state index is 11.3. The summed E-state index contributed by atoms with van der Waals surface area (Å²) in [5, 5.41) is 2.95. The number of likely N-dealkylation sites (N-methyl/N-ethyl adjacent to an activating group) is 1. The van der Waals surface area contributed by atoms with E-state index in [-0.39, 0.29) is 5.91 Å². The van der Waals surface area contributed by atoms with Gasteiger partial charge in [-0.25, -0.2) is 0 Å². The Kier molecular flexibility index (Phi) is 3.90. The summed E-state index contributed by atoms with van der Waals surface area (Å²) < 4.78 is 5.07. The van der Waals surface area contributed by atoms with Crippen LogP contribution in [0, 0.1) is 0 Å². The van der Waals surface area contributed by atoms with E-state index in [1.807, 2.05) is 24.3 Å². The van der Waals surface area contributed by atoms with Gasteiger partial charge in [-0.05, 0) is 38.1 Å². The first kappa shape index (κ1) is 12.5. The Hall–Kier alpha value is -1.55. The Balaban J connectivity index is 2.82. The van der Waals surface area contributed by atoms with Crippen molar-refractivity contribution < 1.29 is 9.53 Å². The molecule has 0 saturated carbocycles. The monoisotopic (exact) mass is 222 g/mol. The molecule has 1 aromatic carbocycles. The van der Waals surface area contributed by atoms with E-state index in [0.717, 1.165) is 11.3 Å². The summed E-state index contributed by atoms with van der Waals surface area (Å²) in [5.74, 6) is 0.444. The largest absolute Gasteiger partial charge is 0.497 e. The van der Waals surface area contributed by atoms with Crippen LogP contribution in [0.15, 0.2) is 24.3 Å². The van der Waals surface area contributed by atoms with Gasteiger partial charge in [0.1, 0.15) is 5.75 Å². The first-order valence-electron chi connectivity index (χ1n) is 5.13. The van der Waals surface area contributed by atoms with Crippen LogP contribution in [-0.4, -0.2) is 25.6 Å².